The molecule has 2 heteroatoms. The van der Waals surface area contributed by atoms with E-state index in [0.717, 1.165) is 35.1 Å². The van der Waals surface area contributed by atoms with Crippen LogP contribution in [0.15, 0.2) is 66.7 Å². The summed E-state index contributed by atoms with van der Waals surface area (Å²) in [6.07, 6.45) is 2.24. The predicted octanol–water partition coefficient (Wildman–Crippen LogP) is 5.72. The van der Waals surface area contributed by atoms with Gasteiger partial charge in [0, 0.05) is 23.8 Å². The highest BCUT2D eigenvalue weighted by molar-refractivity contribution is 5.48. The number of aryl methyl sites for hydroxylation is 1. The third-order valence-corrected chi connectivity index (χ3v) is 4.41. The van der Waals surface area contributed by atoms with Crippen molar-refractivity contribution in [2.75, 3.05) is 7.11 Å². The van der Waals surface area contributed by atoms with Crippen molar-refractivity contribution in [3.63, 3.8) is 0 Å². The Morgan fingerprint density at radius 1 is 0.724 bits per heavy atom. The SMILES string of the molecule is CCCc1ccc(C#Cc2ccc(C#Cc3ccc(COC)cc3F)cc2)cc1. The number of hydrogen-bond acceptors (Lipinski definition) is 1. The maximum atomic E-state index is 14.1. The Labute approximate surface area is 172 Å². The van der Waals surface area contributed by atoms with Crippen LogP contribution in [-0.2, 0) is 17.8 Å². The average Bonchev–Trinajstić information content (AvgIpc) is 2.74. The van der Waals surface area contributed by atoms with Crippen LogP contribution in [0.5, 0.6) is 0 Å². The fourth-order valence-electron chi connectivity index (χ4n) is 2.88. The van der Waals surface area contributed by atoms with Gasteiger partial charge in [0.25, 0.3) is 0 Å². The molecule has 0 saturated heterocycles. The zero-order valence-corrected chi connectivity index (χ0v) is 16.8. The normalized spacial score (nSPS) is 9.90. The van der Waals surface area contributed by atoms with Crippen LogP contribution in [0, 0.1) is 29.5 Å². The molecule has 0 saturated carbocycles. The Balaban J connectivity index is 1.68. The van der Waals surface area contributed by atoms with Gasteiger partial charge in [0.1, 0.15) is 5.82 Å². The molecular formula is C27H23FO. The lowest BCUT2D eigenvalue weighted by Gasteiger charge is -2.00. The topological polar surface area (TPSA) is 9.23 Å². The summed E-state index contributed by atoms with van der Waals surface area (Å²) >= 11 is 0. The van der Waals surface area contributed by atoms with Crippen LogP contribution in [0.1, 0.15) is 46.7 Å². The van der Waals surface area contributed by atoms with E-state index in [-0.39, 0.29) is 5.82 Å². The second-order valence-corrected chi connectivity index (χ2v) is 6.77. The van der Waals surface area contributed by atoms with E-state index in [4.69, 9.17) is 4.74 Å². The molecule has 0 aliphatic heterocycles. The molecule has 29 heavy (non-hydrogen) atoms. The van der Waals surface area contributed by atoms with E-state index >= 15 is 0 Å². The van der Waals surface area contributed by atoms with E-state index in [9.17, 15) is 4.39 Å². The number of halogens is 1. The highest BCUT2D eigenvalue weighted by atomic mass is 19.1. The summed E-state index contributed by atoms with van der Waals surface area (Å²) in [5.41, 5.74) is 5.24. The predicted molar refractivity (Wildman–Crippen MR) is 116 cm³/mol. The molecule has 0 heterocycles. The van der Waals surface area contributed by atoms with E-state index in [1.165, 1.54) is 11.6 Å². The van der Waals surface area contributed by atoms with Crippen molar-refractivity contribution in [2.24, 2.45) is 0 Å². The molecule has 0 atom stereocenters. The monoisotopic (exact) mass is 382 g/mol. The van der Waals surface area contributed by atoms with E-state index in [0.29, 0.717) is 12.2 Å². The molecule has 0 fully saturated rings. The highest BCUT2D eigenvalue weighted by Crippen LogP contribution is 2.11. The van der Waals surface area contributed by atoms with Gasteiger partial charge in [-0.3, -0.25) is 0 Å². The molecule has 0 aliphatic rings. The third kappa shape index (κ3) is 6.08. The molecule has 0 bridgehead atoms. The first-order valence-corrected chi connectivity index (χ1v) is 9.68. The van der Waals surface area contributed by atoms with Crippen molar-refractivity contribution < 1.29 is 9.13 Å². The Hall–Kier alpha value is -3.33. The molecule has 0 N–H and O–H groups in total. The Morgan fingerprint density at radius 3 is 1.76 bits per heavy atom. The van der Waals surface area contributed by atoms with Crippen LogP contribution in [-0.4, -0.2) is 7.11 Å². The van der Waals surface area contributed by atoms with E-state index < -0.39 is 0 Å². The number of methoxy groups -OCH3 is 1. The van der Waals surface area contributed by atoms with Gasteiger partial charge in [-0.05, 0) is 66.1 Å². The molecule has 0 radical (unpaired) electrons. The first-order chi connectivity index (χ1) is 14.2. The maximum Gasteiger partial charge on any atom is 0.139 e. The Bertz CT molecular complexity index is 1070. The lowest BCUT2D eigenvalue weighted by atomic mass is 10.1. The summed E-state index contributed by atoms with van der Waals surface area (Å²) < 4.78 is 19.1. The minimum Gasteiger partial charge on any atom is -0.380 e. The first kappa shape index (κ1) is 20.4. The van der Waals surface area contributed by atoms with Crippen LogP contribution in [0.4, 0.5) is 4.39 Å². The number of benzene rings is 3. The minimum atomic E-state index is -0.334. The van der Waals surface area contributed by atoms with Crippen LogP contribution in [0.25, 0.3) is 0 Å². The van der Waals surface area contributed by atoms with Crippen LogP contribution in [0.3, 0.4) is 0 Å². The molecule has 3 rings (SSSR count). The second kappa shape index (κ2) is 10.3. The van der Waals surface area contributed by atoms with Gasteiger partial charge in [-0.2, -0.15) is 0 Å². The fourth-order valence-corrected chi connectivity index (χ4v) is 2.88. The number of ether oxygens (including phenoxy) is 1. The highest BCUT2D eigenvalue weighted by Gasteiger charge is 2.01. The summed E-state index contributed by atoms with van der Waals surface area (Å²) in [4.78, 5) is 0. The molecular weight excluding hydrogens is 359 g/mol. The van der Waals surface area contributed by atoms with Gasteiger partial charge in [0.15, 0.2) is 0 Å². The molecule has 144 valence electrons. The third-order valence-electron chi connectivity index (χ3n) is 4.41. The van der Waals surface area contributed by atoms with Crippen LogP contribution >= 0.6 is 0 Å². The summed E-state index contributed by atoms with van der Waals surface area (Å²) in [6.45, 7) is 2.56. The van der Waals surface area contributed by atoms with Crippen molar-refractivity contribution in [3.05, 3.63) is 106 Å². The molecule has 0 amide bonds. The fraction of sp³-hybridized carbons (Fsp3) is 0.185. The van der Waals surface area contributed by atoms with Crippen molar-refractivity contribution in [1.82, 2.24) is 0 Å². The summed E-state index contributed by atoms with van der Waals surface area (Å²) in [5, 5.41) is 0. The van der Waals surface area contributed by atoms with E-state index in [1.54, 1.807) is 13.2 Å². The molecule has 1 nitrogen and oxygen atoms in total. The van der Waals surface area contributed by atoms with E-state index in [1.807, 2.05) is 30.3 Å². The van der Waals surface area contributed by atoms with Gasteiger partial charge in [-0.1, -0.05) is 55.2 Å². The largest absolute Gasteiger partial charge is 0.380 e. The first-order valence-electron chi connectivity index (χ1n) is 9.68. The zero-order valence-electron chi connectivity index (χ0n) is 16.8. The summed E-state index contributed by atoms with van der Waals surface area (Å²) in [6, 6.07) is 21.0. The second-order valence-electron chi connectivity index (χ2n) is 6.77. The molecule has 3 aromatic rings. The van der Waals surface area contributed by atoms with Gasteiger partial charge < -0.3 is 4.74 Å². The van der Waals surface area contributed by atoms with Crippen molar-refractivity contribution >= 4 is 0 Å². The Kier molecular flexibility index (Phi) is 7.23. The van der Waals surface area contributed by atoms with Crippen molar-refractivity contribution in [3.8, 4) is 23.7 Å². The number of rotatable bonds is 4. The van der Waals surface area contributed by atoms with Gasteiger partial charge in [-0.25, -0.2) is 4.39 Å². The molecule has 0 aromatic heterocycles. The summed E-state index contributed by atoms with van der Waals surface area (Å²) in [7, 11) is 1.59. The minimum absolute atomic E-state index is 0.334. The van der Waals surface area contributed by atoms with Crippen molar-refractivity contribution in [1.29, 1.82) is 0 Å². The molecule has 3 aromatic carbocycles. The maximum absolute atomic E-state index is 14.1. The van der Waals surface area contributed by atoms with Crippen LogP contribution in [0.2, 0.25) is 0 Å². The quantitative estimate of drug-likeness (QED) is 0.524. The smallest absolute Gasteiger partial charge is 0.139 e. The average molecular weight is 382 g/mol. The molecule has 0 unspecified atom stereocenters. The lowest BCUT2D eigenvalue weighted by Crippen LogP contribution is -1.91. The van der Waals surface area contributed by atoms with Gasteiger partial charge in [-0.15, -0.1) is 0 Å². The van der Waals surface area contributed by atoms with Crippen molar-refractivity contribution in [2.45, 2.75) is 26.4 Å². The van der Waals surface area contributed by atoms with Gasteiger partial charge in [0.2, 0.25) is 0 Å². The van der Waals surface area contributed by atoms with Gasteiger partial charge in [0.05, 0.1) is 12.2 Å². The molecule has 0 spiro atoms. The standard InChI is InChI=1S/C27H23FO/c1-3-4-21-5-7-22(8-6-21)9-10-23-11-13-24(14-12-23)15-17-26-18-16-25(20-29-2)19-27(26)28/h5-8,11-14,16,18-19H,3-4,20H2,1-2H3. The molecule has 0 aliphatic carbocycles. The zero-order chi connectivity index (χ0) is 20.5. The van der Waals surface area contributed by atoms with E-state index in [2.05, 4.69) is 54.9 Å². The lowest BCUT2D eigenvalue weighted by molar-refractivity contribution is 0.184. The Morgan fingerprint density at radius 2 is 1.24 bits per heavy atom. The summed E-state index contributed by atoms with van der Waals surface area (Å²) in [5.74, 6) is 11.9. The van der Waals surface area contributed by atoms with Gasteiger partial charge >= 0.3 is 0 Å². The number of hydrogen-bond donors (Lipinski definition) is 0. The van der Waals surface area contributed by atoms with Crippen LogP contribution < -0.4 is 0 Å².